The molecule has 0 bridgehead atoms. The van der Waals surface area contributed by atoms with Crippen molar-refractivity contribution in [3.63, 3.8) is 0 Å². The average molecular weight is 243 g/mol. The van der Waals surface area contributed by atoms with Crippen LogP contribution < -0.4 is 5.73 Å². The Balaban J connectivity index is 0.00000128. The average Bonchev–Trinajstić information content (AvgIpc) is 2.39. The third-order valence-corrected chi connectivity index (χ3v) is 2.96. The lowest BCUT2D eigenvalue weighted by atomic mass is 10.0. The molecule has 0 aromatic heterocycles. The lowest BCUT2D eigenvalue weighted by Crippen LogP contribution is -2.26. The second-order valence-corrected chi connectivity index (χ2v) is 4.13. The summed E-state index contributed by atoms with van der Waals surface area (Å²) in [6.07, 6.45) is 2.29. The zero-order valence-electron chi connectivity index (χ0n) is 9.35. The van der Waals surface area contributed by atoms with E-state index in [0.29, 0.717) is 0 Å². The molecule has 4 heteroatoms. The van der Waals surface area contributed by atoms with Crippen LogP contribution in [0.25, 0.3) is 0 Å². The second kappa shape index (κ2) is 6.09. The number of aliphatic hydroxyl groups is 1. The van der Waals surface area contributed by atoms with E-state index in [4.69, 9.17) is 10.8 Å². The number of hydrogen-bond donors (Lipinski definition) is 2. The van der Waals surface area contributed by atoms with Crippen LogP contribution in [0.1, 0.15) is 17.5 Å². The largest absolute Gasteiger partial charge is 0.399 e. The second-order valence-electron chi connectivity index (χ2n) is 4.13. The van der Waals surface area contributed by atoms with Crippen molar-refractivity contribution in [2.24, 2.45) is 0 Å². The highest BCUT2D eigenvalue weighted by molar-refractivity contribution is 5.85. The number of halogens is 1. The van der Waals surface area contributed by atoms with Gasteiger partial charge in [-0.25, -0.2) is 0 Å². The number of anilines is 1. The van der Waals surface area contributed by atoms with Gasteiger partial charge >= 0.3 is 0 Å². The third kappa shape index (κ3) is 3.11. The maximum Gasteiger partial charge on any atom is 0.0558 e. The molecule has 1 aromatic rings. The van der Waals surface area contributed by atoms with Crippen LogP contribution in [0.5, 0.6) is 0 Å². The van der Waals surface area contributed by atoms with E-state index < -0.39 is 0 Å². The molecule has 0 atom stereocenters. The number of aliphatic hydroxyl groups excluding tert-OH is 1. The zero-order valence-corrected chi connectivity index (χ0v) is 10.2. The van der Waals surface area contributed by atoms with Crippen molar-refractivity contribution in [2.75, 3.05) is 25.4 Å². The molecule has 90 valence electrons. The molecule has 0 amide bonds. The molecular weight excluding hydrogens is 224 g/mol. The standard InChI is InChI=1S/C12H18N2O.ClH/c13-12-4-3-10-2-1-5-14(6-7-15)9-11(10)8-12;/h3-4,8,15H,1-2,5-7,9,13H2;1H. The maximum absolute atomic E-state index is 8.95. The molecule has 1 aliphatic rings. The van der Waals surface area contributed by atoms with Crippen molar-refractivity contribution in [3.8, 4) is 0 Å². The first-order valence-corrected chi connectivity index (χ1v) is 5.50. The van der Waals surface area contributed by atoms with E-state index in [-0.39, 0.29) is 19.0 Å². The molecule has 0 saturated carbocycles. The van der Waals surface area contributed by atoms with Crippen molar-refractivity contribution in [3.05, 3.63) is 29.3 Å². The summed E-state index contributed by atoms with van der Waals surface area (Å²) in [6.45, 7) is 2.97. The number of benzene rings is 1. The minimum Gasteiger partial charge on any atom is -0.399 e. The van der Waals surface area contributed by atoms with E-state index in [1.54, 1.807) is 0 Å². The van der Waals surface area contributed by atoms with Crippen molar-refractivity contribution in [1.29, 1.82) is 0 Å². The van der Waals surface area contributed by atoms with E-state index in [1.165, 1.54) is 11.1 Å². The van der Waals surface area contributed by atoms with Crippen LogP contribution in [0.15, 0.2) is 18.2 Å². The van der Waals surface area contributed by atoms with Gasteiger partial charge in [0.1, 0.15) is 0 Å². The molecule has 1 aliphatic heterocycles. The molecule has 0 fully saturated rings. The Morgan fingerprint density at radius 1 is 1.31 bits per heavy atom. The molecule has 2 rings (SSSR count). The predicted octanol–water partition coefficient (Wildman–Crippen LogP) is 1.43. The van der Waals surface area contributed by atoms with E-state index >= 15 is 0 Å². The molecule has 3 nitrogen and oxygen atoms in total. The number of nitrogen functional groups attached to an aromatic ring is 1. The highest BCUT2D eigenvalue weighted by Gasteiger charge is 2.13. The summed E-state index contributed by atoms with van der Waals surface area (Å²) in [5, 5.41) is 8.95. The Bertz CT molecular complexity index is 344. The monoisotopic (exact) mass is 242 g/mol. The molecule has 1 heterocycles. The lowest BCUT2D eigenvalue weighted by Gasteiger charge is -2.18. The zero-order chi connectivity index (χ0) is 10.7. The summed E-state index contributed by atoms with van der Waals surface area (Å²) in [5.74, 6) is 0. The van der Waals surface area contributed by atoms with Crippen LogP contribution in [-0.2, 0) is 13.0 Å². The number of hydrogen-bond acceptors (Lipinski definition) is 3. The third-order valence-electron chi connectivity index (χ3n) is 2.96. The van der Waals surface area contributed by atoms with Gasteiger partial charge < -0.3 is 10.8 Å². The van der Waals surface area contributed by atoms with E-state index in [1.807, 2.05) is 6.07 Å². The van der Waals surface area contributed by atoms with Crippen LogP contribution in [0.3, 0.4) is 0 Å². The van der Waals surface area contributed by atoms with Gasteiger partial charge in [0.05, 0.1) is 6.61 Å². The van der Waals surface area contributed by atoms with Gasteiger partial charge in [-0.3, -0.25) is 4.90 Å². The van der Waals surface area contributed by atoms with Gasteiger partial charge in [0, 0.05) is 18.8 Å². The first-order chi connectivity index (χ1) is 7.29. The minimum atomic E-state index is 0. The molecule has 0 unspecified atom stereocenters. The van der Waals surface area contributed by atoms with E-state index in [9.17, 15) is 0 Å². The summed E-state index contributed by atoms with van der Waals surface area (Å²) < 4.78 is 0. The van der Waals surface area contributed by atoms with Crippen LogP contribution in [0.2, 0.25) is 0 Å². The van der Waals surface area contributed by atoms with Crippen LogP contribution in [0.4, 0.5) is 5.69 Å². The van der Waals surface area contributed by atoms with Crippen LogP contribution >= 0.6 is 12.4 Å². The lowest BCUT2D eigenvalue weighted by molar-refractivity contribution is 0.192. The van der Waals surface area contributed by atoms with Gasteiger partial charge in [-0.1, -0.05) is 6.07 Å². The summed E-state index contributed by atoms with van der Waals surface area (Å²) in [6, 6.07) is 6.17. The predicted molar refractivity (Wildman–Crippen MR) is 68.8 cm³/mol. The molecule has 1 aromatic carbocycles. The molecule has 0 radical (unpaired) electrons. The number of nitrogens with zero attached hydrogens (tertiary/aromatic N) is 1. The molecule has 0 spiro atoms. The summed E-state index contributed by atoms with van der Waals surface area (Å²) in [7, 11) is 0. The number of β-amino-alcohol motifs (C(OH)–C–C–N with tert-alkyl or cyclic N) is 1. The van der Waals surface area contributed by atoms with Gasteiger partial charge in [0.25, 0.3) is 0 Å². The fourth-order valence-corrected chi connectivity index (χ4v) is 2.18. The fraction of sp³-hybridized carbons (Fsp3) is 0.500. The highest BCUT2D eigenvalue weighted by Crippen LogP contribution is 2.20. The Morgan fingerprint density at radius 2 is 2.12 bits per heavy atom. The summed E-state index contributed by atoms with van der Waals surface area (Å²) in [5.41, 5.74) is 9.34. The first-order valence-electron chi connectivity index (χ1n) is 5.50. The van der Waals surface area contributed by atoms with E-state index in [2.05, 4.69) is 17.0 Å². The Kier molecular flexibility index (Phi) is 5.06. The van der Waals surface area contributed by atoms with Gasteiger partial charge in [0.15, 0.2) is 0 Å². The Morgan fingerprint density at radius 3 is 2.88 bits per heavy atom. The van der Waals surface area contributed by atoms with Crippen molar-refractivity contribution < 1.29 is 5.11 Å². The van der Waals surface area contributed by atoms with Gasteiger partial charge in [-0.15, -0.1) is 12.4 Å². The minimum absolute atomic E-state index is 0. The van der Waals surface area contributed by atoms with Crippen molar-refractivity contribution in [1.82, 2.24) is 4.90 Å². The summed E-state index contributed by atoms with van der Waals surface area (Å²) >= 11 is 0. The summed E-state index contributed by atoms with van der Waals surface area (Å²) in [4.78, 5) is 2.28. The van der Waals surface area contributed by atoms with Crippen LogP contribution in [-0.4, -0.2) is 29.7 Å². The quantitative estimate of drug-likeness (QED) is 0.772. The Hall–Kier alpha value is -0.770. The SMILES string of the molecule is Cl.Nc1ccc2c(c1)CN(CCO)CCC2. The number of aryl methyl sites for hydroxylation is 1. The maximum atomic E-state index is 8.95. The van der Waals surface area contributed by atoms with Crippen molar-refractivity contribution >= 4 is 18.1 Å². The number of nitrogens with two attached hydrogens (primary N) is 1. The van der Waals surface area contributed by atoms with E-state index in [0.717, 1.165) is 38.2 Å². The molecule has 0 aliphatic carbocycles. The van der Waals surface area contributed by atoms with Crippen LogP contribution in [0, 0.1) is 0 Å². The fourth-order valence-electron chi connectivity index (χ4n) is 2.18. The van der Waals surface area contributed by atoms with Gasteiger partial charge in [-0.05, 0) is 42.6 Å². The number of rotatable bonds is 2. The molecule has 0 saturated heterocycles. The van der Waals surface area contributed by atoms with Gasteiger partial charge in [0.2, 0.25) is 0 Å². The topological polar surface area (TPSA) is 49.5 Å². The smallest absolute Gasteiger partial charge is 0.0558 e. The highest BCUT2D eigenvalue weighted by atomic mass is 35.5. The molecule has 16 heavy (non-hydrogen) atoms. The first kappa shape index (κ1) is 13.3. The number of fused-ring (bicyclic) bond motifs is 1. The normalized spacial score (nSPS) is 16.1. The molecule has 3 N–H and O–H groups in total. The molecular formula is C12H19ClN2O. The van der Waals surface area contributed by atoms with Crippen molar-refractivity contribution in [2.45, 2.75) is 19.4 Å². The van der Waals surface area contributed by atoms with Gasteiger partial charge in [-0.2, -0.15) is 0 Å². The Labute approximate surface area is 103 Å².